The summed E-state index contributed by atoms with van der Waals surface area (Å²) in [6.45, 7) is 32.0. The van der Waals surface area contributed by atoms with Crippen LogP contribution in [-0.4, -0.2) is 0 Å². The van der Waals surface area contributed by atoms with Gasteiger partial charge in [-0.25, -0.2) is 0 Å². The van der Waals surface area contributed by atoms with Crippen molar-refractivity contribution in [2.45, 2.75) is 123 Å². The van der Waals surface area contributed by atoms with E-state index in [1.165, 1.54) is 33.0 Å². The molecule has 1 nitrogen and oxygen atoms in total. The molecule has 0 saturated carbocycles. The third-order valence-corrected chi connectivity index (χ3v) is 5.82. The molecule has 0 unspecified atom stereocenters. The molecule has 1 heteroatoms. The molecule has 0 radical (unpaired) electrons. The maximum absolute atomic E-state index is 6.26. The van der Waals surface area contributed by atoms with Gasteiger partial charge in [0.25, 0.3) is 0 Å². The lowest BCUT2D eigenvalue weighted by molar-refractivity contribution is 0.420. The zero-order valence-corrected chi connectivity index (χ0v) is 29.7. The van der Waals surface area contributed by atoms with Crippen LogP contribution >= 0.6 is 0 Å². The van der Waals surface area contributed by atoms with Gasteiger partial charge in [-0.2, -0.15) is 0 Å². The summed E-state index contributed by atoms with van der Waals surface area (Å²) < 4.78 is 6.26. The predicted molar refractivity (Wildman–Crippen MR) is 191 cm³/mol. The first-order valence-electron chi connectivity index (χ1n) is 16.8. The Hall–Kier alpha value is -3.06. The fourth-order valence-electron chi connectivity index (χ4n) is 4.86. The molecule has 0 fully saturated rings. The van der Waals surface area contributed by atoms with Crippen LogP contribution in [0.1, 0.15) is 133 Å². The zero-order valence-electron chi connectivity index (χ0n) is 29.7. The number of ether oxygens (including phenoxy) is 1. The van der Waals surface area contributed by atoms with Crippen molar-refractivity contribution in [3.8, 4) is 11.5 Å². The molecule has 1 aliphatic carbocycles. The molecule has 0 aromatic heterocycles. The van der Waals surface area contributed by atoms with Gasteiger partial charge in [-0.05, 0) is 40.5 Å². The van der Waals surface area contributed by atoms with E-state index in [9.17, 15) is 0 Å². The van der Waals surface area contributed by atoms with Gasteiger partial charge in [0.15, 0.2) is 0 Å². The van der Waals surface area contributed by atoms with Gasteiger partial charge in [0, 0.05) is 11.1 Å². The lowest BCUT2D eigenvalue weighted by Crippen LogP contribution is -2.32. The molecule has 4 aromatic rings. The fourth-order valence-corrected chi connectivity index (χ4v) is 4.86. The average Bonchev–Trinajstić information content (AvgIpc) is 3.45. The van der Waals surface area contributed by atoms with E-state index in [1.807, 2.05) is 111 Å². The lowest BCUT2D eigenvalue weighted by atomic mass is 9.68. The molecule has 230 valence electrons. The average molecular weight is 561 g/mol. The van der Waals surface area contributed by atoms with Crippen LogP contribution in [0.2, 0.25) is 0 Å². The Balaban J connectivity index is -0.000000790. The van der Waals surface area contributed by atoms with Gasteiger partial charge >= 0.3 is 0 Å². The van der Waals surface area contributed by atoms with Crippen molar-refractivity contribution in [2.24, 2.45) is 0 Å². The first kappa shape index (κ1) is 42.4. The van der Waals surface area contributed by atoms with Gasteiger partial charge in [0.05, 0.1) is 5.41 Å². The van der Waals surface area contributed by atoms with Crippen LogP contribution in [0.3, 0.4) is 0 Å². The molecule has 0 N–H and O–H groups in total. The Morgan fingerprint density at radius 2 is 0.780 bits per heavy atom. The third kappa shape index (κ3) is 9.22. The predicted octanol–water partition coefficient (Wildman–Crippen LogP) is 14.0. The van der Waals surface area contributed by atoms with E-state index in [4.69, 9.17) is 4.74 Å². The van der Waals surface area contributed by atoms with Crippen molar-refractivity contribution in [3.05, 3.63) is 107 Å². The first-order chi connectivity index (χ1) is 20.4. The van der Waals surface area contributed by atoms with Crippen LogP contribution in [-0.2, 0) is 11.8 Å². The minimum absolute atomic E-state index is 0.158. The van der Waals surface area contributed by atoms with Crippen LogP contribution < -0.4 is 4.74 Å². The quantitative estimate of drug-likeness (QED) is 0.208. The molecular formula is C40H64O. The smallest absolute Gasteiger partial charge is 0.131 e. The van der Waals surface area contributed by atoms with E-state index in [0.717, 1.165) is 17.9 Å². The Morgan fingerprint density at radius 1 is 0.415 bits per heavy atom. The Labute approximate surface area is 256 Å². The summed E-state index contributed by atoms with van der Waals surface area (Å²) in [4.78, 5) is 0. The molecule has 1 aliphatic heterocycles. The molecule has 0 atom stereocenters. The summed E-state index contributed by atoms with van der Waals surface area (Å²) in [6, 6.07) is 30.4. The molecule has 1 spiro atoms. The van der Waals surface area contributed by atoms with Crippen molar-refractivity contribution in [3.63, 3.8) is 0 Å². The van der Waals surface area contributed by atoms with Gasteiger partial charge < -0.3 is 4.74 Å². The number of para-hydroxylation sites is 2. The first-order valence-corrected chi connectivity index (χ1v) is 16.8. The van der Waals surface area contributed by atoms with Crippen molar-refractivity contribution >= 4 is 10.8 Å². The maximum atomic E-state index is 6.26. The van der Waals surface area contributed by atoms with E-state index in [-0.39, 0.29) is 5.41 Å². The SMILES string of the molecule is CC.CC.CC.CC.CC.CC.CC.CC.c1ccc2c(c1)Oc1ccccc1C21Cc2cccc3cccc1c23. The molecule has 41 heavy (non-hydrogen) atoms. The van der Waals surface area contributed by atoms with Crippen molar-refractivity contribution in [1.82, 2.24) is 0 Å². The molecule has 1 heterocycles. The Morgan fingerprint density at radius 3 is 1.22 bits per heavy atom. The highest BCUT2D eigenvalue weighted by molar-refractivity contribution is 5.94. The number of fused-ring (bicyclic) bond motifs is 5. The van der Waals surface area contributed by atoms with Crippen LogP contribution in [0.15, 0.2) is 84.9 Å². The molecule has 0 amide bonds. The molecule has 4 aromatic carbocycles. The van der Waals surface area contributed by atoms with E-state index in [1.54, 1.807) is 0 Å². The Bertz CT molecular complexity index is 1110. The summed E-state index contributed by atoms with van der Waals surface area (Å²) in [5.74, 6) is 1.96. The van der Waals surface area contributed by atoms with Crippen LogP contribution in [0, 0.1) is 0 Å². The van der Waals surface area contributed by atoms with Gasteiger partial charge in [0.2, 0.25) is 0 Å². The topological polar surface area (TPSA) is 9.23 Å². The van der Waals surface area contributed by atoms with Crippen molar-refractivity contribution in [2.75, 3.05) is 0 Å². The van der Waals surface area contributed by atoms with E-state index in [2.05, 4.69) is 84.9 Å². The molecule has 6 rings (SSSR count). The maximum Gasteiger partial charge on any atom is 0.131 e. The van der Waals surface area contributed by atoms with Gasteiger partial charge in [-0.15, -0.1) is 0 Å². The van der Waals surface area contributed by atoms with Gasteiger partial charge in [-0.1, -0.05) is 184 Å². The van der Waals surface area contributed by atoms with Gasteiger partial charge in [0.1, 0.15) is 11.5 Å². The minimum atomic E-state index is -0.158. The molecule has 2 aliphatic rings. The van der Waals surface area contributed by atoms with Gasteiger partial charge in [-0.3, -0.25) is 0 Å². The molecule has 0 bridgehead atoms. The minimum Gasteiger partial charge on any atom is -0.457 e. The summed E-state index contributed by atoms with van der Waals surface area (Å²) in [5, 5.41) is 2.74. The number of hydrogen-bond donors (Lipinski definition) is 0. The molecular weight excluding hydrogens is 496 g/mol. The Kier molecular flexibility index (Phi) is 26.8. The van der Waals surface area contributed by atoms with E-state index in [0.29, 0.717) is 0 Å². The second kappa shape index (κ2) is 25.9. The second-order valence-electron chi connectivity index (χ2n) is 7.00. The number of benzene rings is 4. The monoisotopic (exact) mass is 560 g/mol. The van der Waals surface area contributed by atoms with Crippen LogP contribution in [0.25, 0.3) is 10.8 Å². The normalized spacial score (nSPS) is 10.7. The van der Waals surface area contributed by atoms with Crippen molar-refractivity contribution in [1.29, 1.82) is 0 Å². The number of hydrogen-bond acceptors (Lipinski definition) is 1. The summed E-state index contributed by atoms with van der Waals surface area (Å²) >= 11 is 0. The highest BCUT2D eigenvalue weighted by atomic mass is 16.5. The van der Waals surface area contributed by atoms with E-state index < -0.39 is 0 Å². The summed E-state index contributed by atoms with van der Waals surface area (Å²) in [6.07, 6.45) is 0.987. The fraction of sp³-hybridized carbons (Fsp3) is 0.450. The highest BCUT2D eigenvalue weighted by Crippen LogP contribution is 2.57. The largest absolute Gasteiger partial charge is 0.457 e. The summed E-state index contributed by atoms with van der Waals surface area (Å²) in [5.41, 5.74) is 5.23. The third-order valence-electron chi connectivity index (χ3n) is 5.82. The van der Waals surface area contributed by atoms with E-state index >= 15 is 0 Å². The standard InChI is InChI=1S/C24H16O.8C2H6/c1-3-13-21-18(10-1)24(19-11-2-4-14-22(19)25-21)15-17-9-5-7-16-8-6-12-20(24)23(16)17;8*1-2/h1-14H,15H2;8*1-2H3. The zero-order chi connectivity index (χ0) is 32.4. The highest BCUT2D eigenvalue weighted by Gasteiger charge is 2.47. The number of rotatable bonds is 0. The van der Waals surface area contributed by atoms with Crippen LogP contribution in [0.4, 0.5) is 0 Å². The lowest BCUT2D eigenvalue weighted by Gasteiger charge is -2.38. The summed E-state index contributed by atoms with van der Waals surface area (Å²) in [7, 11) is 0. The second-order valence-corrected chi connectivity index (χ2v) is 7.00. The van der Waals surface area contributed by atoms with Crippen LogP contribution in [0.5, 0.6) is 11.5 Å². The molecule has 0 saturated heterocycles. The van der Waals surface area contributed by atoms with Crippen molar-refractivity contribution < 1.29 is 4.74 Å².